The molecule has 3 aromatic carbocycles. The van der Waals surface area contributed by atoms with Crippen molar-refractivity contribution in [3.8, 4) is 0 Å². The molecule has 2 N–H and O–H groups in total. The number of hydrogen-bond donors (Lipinski definition) is 2. The van der Waals surface area contributed by atoms with E-state index in [0.29, 0.717) is 28.4 Å². The van der Waals surface area contributed by atoms with Gasteiger partial charge in [-0.2, -0.15) is 0 Å². The lowest BCUT2D eigenvalue weighted by molar-refractivity contribution is -0.137. The number of halogens is 1. The monoisotopic (exact) mass is 511 g/mol. The molecule has 0 radical (unpaired) electrons. The Morgan fingerprint density at radius 1 is 0.973 bits per heavy atom. The molecule has 4 atom stereocenters. The van der Waals surface area contributed by atoms with Crippen LogP contribution in [-0.2, 0) is 20.5 Å². The highest BCUT2D eigenvalue weighted by Gasteiger charge is 2.81. The van der Waals surface area contributed by atoms with Crippen molar-refractivity contribution >= 4 is 40.6 Å². The van der Waals surface area contributed by atoms with Gasteiger partial charge in [-0.1, -0.05) is 47.5 Å². The first-order valence-electron chi connectivity index (χ1n) is 12.7. The summed E-state index contributed by atoms with van der Waals surface area (Å²) in [4.78, 5) is 45.7. The average molecular weight is 512 g/mol. The number of para-hydroxylation sites is 1. The molecule has 0 bridgehead atoms. The lowest BCUT2D eigenvalue weighted by Gasteiger charge is -2.43. The van der Waals surface area contributed by atoms with Crippen molar-refractivity contribution in [1.82, 2.24) is 4.90 Å². The first kappa shape index (κ1) is 22.7. The number of rotatable bonds is 2. The molecule has 7 rings (SSSR count). The van der Waals surface area contributed by atoms with Gasteiger partial charge in [-0.15, -0.1) is 0 Å². The SMILES string of the molecule is Cc1cc(C)c2c(c1)[C@]1(C(=O)N2)N2CCC[C@H]2[C@@H](C(=O)c2ccc(Cl)cc2)[C@]12C(=O)Nc1ccccc12. The number of fused-ring (bicyclic) bond motifs is 7. The maximum atomic E-state index is 14.5. The summed E-state index contributed by atoms with van der Waals surface area (Å²) in [6, 6.07) is 18.2. The third kappa shape index (κ3) is 2.57. The van der Waals surface area contributed by atoms with Crippen LogP contribution in [0.1, 0.15) is 45.5 Å². The third-order valence-electron chi connectivity index (χ3n) is 8.96. The van der Waals surface area contributed by atoms with E-state index in [2.05, 4.69) is 15.5 Å². The second-order valence-corrected chi connectivity index (χ2v) is 11.2. The second kappa shape index (κ2) is 7.53. The summed E-state index contributed by atoms with van der Waals surface area (Å²) < 4.78 is 0. The van der Waals surface area contributed by atoms with E-state index in [1.807, 2.05) is 50.2 Å². The number of aryl methyl sites for hydroxylation is 2. The van der Waals surface area contributed by atoms with Crippen molar-refractivity contribution in [1.29, 1.82) is 0 Å². The van der Waals surface area contributed by atoms with E-state index < -0.39 is 16.9 Å². The molecule has 4 aliphatic heterocycles. The fourth-order valence-electron chi connectivity index (χ4n) is 7.83. The van der Waals surface area contributed by atoms with Crippen molar-refractivity contribution in [3.05, 3.63) is 93.5 Å². The van der Waals surface area contributed by atoms with Gasteiger partial charge < -0.3 is 10.6 Å². The van der Waals surface area contributed by atoms with Crippen LogP contribution < -0.4 is 10.6 Å². The maximum Gasteiger partial charge on any atom is 0.251 e. The predicted molar refractivity (Wildman–Crippen MR) is 142 cm³/mol. The van der Waals surface area contributed by atoms with E-state index in [9.17, 15) is 14.4 Å². The van der Waals surface area contributed by atoms with Crippen LogP contribution in [0.3, 0.4) is 0 Å². The van der Waals surface area contributed by atoms with Crippen molar-refractivity contribution in [3.63, 3.8) is 0 Å². The number of benzene rings is 3. The number of Topliss-reactive ketones (excluding diaryl/α,β-unsaturated/α-hetero) is 1. The van der Waals surface area contributed by atoms with Gasteiger partial charge in [0, 0.05) is 33.6 Å². The number of amides is 2. The van der Waals surface area contributed by atoms with E-state index in [4.69, 9.17) is 11.6 Å². The molecule has 2 saturated heterocycles. The Morgan fingerprint density at radius 2 is 1.73 bits per heavy atom. The van der Waals surface area contributed by atoms with Gasteiger partial charge in [0.15, 0.2) is 5.78 Å². The Balaban J connectivity index is 1.60. The summed E-state index contributed by atoms with van der Waals surface area (Å²) in [5.41, 5.74) is 2.59. The van der Waals surface area contributed by atoms with Gasteiger partial charge in [0.25, 0.3) is 5.91 Å². The average Bonchev–Trinajstić information content (AvgIpc) is 3.59. The maximum absolute atomic E-state index is 14.5. The summed E-state index contributed by atoms with van der Waals surface area (Å²) in [6.45, 7) is 4.62. The van der Waals surface area contributed by atoms with Gasteiger partial charge in [0.2, 0.25) is 5.91 Å². The molecule has 2 amide bonds. The molecule has 4 heterocycles. The van der Waals surface area contributed by atoms with Crippen molar-refractivity contribution < 1.29 is 14.4 Å². The van der Waals surface area contributed by atoms with Crippen LogP contribution in [0.4, 0.5) is 11.4 Å². The molecule has 2 fully saturated rings. The fraction of sp³-hybridized carbons (Fsp3) is 0.300. The topological polar surface area (TPSA) is 78.5 Å². The molecule has 186 valence electrons. The predicted octanol–water partition coefficient (Wildman–Crippen LogP) is 4.97. The normalized spacial score (nSPS) is 29.4. The Bertz CT molecular complexity index is 1530. The number of carbonyl (C=O) groups excluding carboxylic acids is 3. The smallest absolute Gasteiger partial charge is 0.251 e. The van der Waals surface area contributed by atoms with E-state index in [-0.39, 0.29) is 23.6 Å². The molecule has 0 unspecified atom stereocenters. The minimum atomic E-state index is -1.43. The van der Waals surface area contributed by atoms with Crippen molar-refractivity contribution in [2.24, 2.45) is 5.92 Å². The number of anilines is 2. The lowest BCUT2D eigenvalue weighted by Crippen LogP contribution is -2.62. The van der Waals surface area contributed by atoms with E-state index in [1.54, 1.807) is 24.3 Å². The summed E-state index contributed by atoms with van der Waals surface area (Å²) in [6.07, 6.45) is 1.58. The van der Waals surface area contributed by atoms with Crippen LogP contribution in [0, 0.1) is 19.8 Å². The Labute approximate surface area is 220 Å². The van der Waals surface area contributed by atoms with Crippen LogP contribution >= 0.6 is 11.6 Å². The van der Waals surface area contributed by atoms with Gasteiger partial charge in [-0.25, -0.2) is 0 Å². The Morgan fingerprint density at radius 3 is 2.51 bits per heavy atom. The summed E-state index contributed by atoms with van der Waals surface area (Å²) in [7, 11) is 0. The minimum Gasteiger partial charge on any atom is -0.325 e. The standard InChI is InChI=1S/C30H26ClN3O3/c1-16-14-17(2)25-21(15-16)30(28(37)33-25)29(20-6-3-4-7-22(20)32-27(29)36)24(23-8-5-13-34(23)30)26(35)18-9-11-19(31)12-10-18/h3-4,6-7,9-12,14-15,23-24H,5,8,13H2,1-2H3,(H,32,36)(H,33,37)/t23-,24-,29+,30+/m0/s1. The highest BCUT2D eigenvalue weighted by Crippen LogP contribution is 2.68. The molecule has 7 heteroatoms. The zero-order valence-electron chi connectivity index (χ0n) is 20.6. The van der Waals surface area contributed by atoms with E-state index in [1.165, 1.54) is 0 Å². The lowest BCUT2D eigenvalue weighted by atomic mass is 9.57. The van der Waals surface area contributed by atoms with Crippen LogP contribution in [0.15, 0.2) is 60.7 Å². The van der Waals surface area contributed by atoms with Crippen LogP contribution in [0.5, 0.6) is 0 Å². The molecular weight excluding hydrogens is 486 g/mol. The van der Waals surface area contributed by atoms with Crippen LogP contribution in [-0.4, -0.2) is 35.1 Å². The molecule has 0 saturated carbocycles. The molecule has 3 aromatic rings. The number of nitrogens with zero attached hydrogens (tertiary/aromatic N) is 1. The van der Waals surface area contributed by atoms with Crippen LogP contribution in [0.2, 0.25) is 5.02 Å². The molecule has 0 aromatic heterocycles. The summed E-state index contributed by atoms with van der Waals surface area (Å²) >= 11 is 6.14. The quantitative estimate of drug-likeness (QED) is 0.476. The zero-order chi connectivity index (χ0) is 25.7. The summed E-state index contributed by atoms with van der Waals surface area (Å²) in [5, 5.41) is 6.77. The first-order valence-corrected chi connectivity index (χ1v) is 13.1. The molecule has 6 nitrogen and oxygen atoms in total. The zero-order valence-corrected chi connectivity index (χ0v) is 21.4. The number of hydrogen-bond acceptors (Lipinski definition) is 4. The highest BCUT2D eigenvalue weighted by molar-refractivity contribution is 6.30. The van der Waals surface area contributed by atoms with Gasteiger partial charge in [0.05, 0.1) is 5.92 Å². The molecular formula is C30H26ClN3O3. The van der Waals surface area contributed by atoms with Gasteiger partial charge in [0.1, 0.15) is 11.0 Å². The first-order chi connectivity index (χ1) is 17.8. The third-order valence-corrected chi connectivity index (χ3v) is 9.21. The largest absolute Gasteiger partial charge is 0.325 e. The molecule has 0 aliphatic carbocycles. The Kier molecular flexibility index (Phi) is 4.62. The number of ketones is 1. The second-order valence-electron chi connectivity index (χ2n) is 10.7. The van der Waals surface area contributed by atoms with Gasteiger partial charge >= 0.3 is 0 Å². The van der Waals surface area contributed by atoms with E-state index in [0.717, 1.165) is 35.2 Å². The fourth-order valence-corrected chi connectivity index (χ4v) is 7.96. The number of carbonyl (C=O) groups is 3. The molecule has 2 spiro atoms. The molecule has 4 aliphatic rings. The Hall–Kier alpha value is -3.48. The van der Waals surface area contributed by atoms with Gasteiger partial charge in [-0.05, 0) is 74.7 Å². The van der Waals surface area contributed by atoms with Crippen molar-refractivity contribution in [2.75, 3.05) is 17.2 Å². The minimum absolute atomic E-state index is 0.136. The van der Waals surface area contributed by atoms with Crippen molar-refractivity contribution in [2.45, 2.75) is 43.7 Å². The van der Waals surface area contributed by atoms with Crippen LogP contribution in [0.25, 0.3) is 0 Å². The summed E-state index contributed by atoms with van der Waals surface area (Å²) in [5.74, 6) is -1.42. The number of nitrogens with one attached hydrogen (secondary N) is 2. The highest BCUT2D eigenvalue weighted by atomic mass is 35.5. The molecule has 37 heavy (non-hydrogen) atoms. The van der Waals surface area contributed by atoms with E-state index >= 15 is 0 Å². The van der Waals surface area contributed by atoms with Gasteiger partial charge in [-0.3, -0.25) is 19.3 Å².